The van der Waals surface area contributed by atoms with Crippen LogP contribution in [0.4, 0.5) is 0 Å². The summed E-state index contributed by atoms with van der Waals surface area (Å²) in [5.41, 5.74) is 0. The van der Waals surface area contributed by atoms with Gasteiger partial charge in [-0.05, 0) is 25.9 Å². The summed E-state index contributed by atoms with van der Waals surface area (Å²) in [4.78, 5) is 2.51. The Morgan fingerprint density at radius 3 is 2.27 bits per heavy atom. The molecule has 2 nitrogen and oxygen atoms in total. The molecule has 0 saturated carbocycles. The van der Waals surface area contributed by atoms with Crippen LogP contribution in [0.15, 0.2) is 0 Å². The molecule has 0 aromatic heterocycles. The molecule has 1 saturated heterocycles. The highest BCUT2D eigenvalue weighted by Gasteiger charge is 2.07. The number of likely N-dealkylation sites (tertiary alicyclic amines) is 1. The molecule has 1 aliphatic heterocycles. The van der Waals surface area contributed by atoms with Crippen molar-refractivity contribution < 1.29 is 4.74 Å². The van der Waals surface area contributed by atoms with Crippen molar-refractivity contribution in [3.05, 3.63) is 0 Å². The maximum atomic E-state index is 5.04. The van der Waals surface area contributed by atoms with Crippen LogP contribution in [0.25, 0.3) is 0 Å². The predicted octanol–water partition coefficient (Wildman–Crippen LogP) is 1.51. The molecule has 1 aliphatic rings. The fourth-order valence-corrected chi connectivity index (χ4v) is 1.58. The molecule has 0 aliphatic carbocycles. The molecule has 1 rings (SSSR count). The number of rotatable bonds is 3. The molecule has 0 atom stereocenters. The standard InChI is InChI=1S/C9H19NO/c1-11-9-8-10-6-4-2-3-5-7-10/h2-9H2,1H3. The van der Waals surface area contributed by atoms with E-state index in [0.717, 1.165) is 13.2 Å². The first-order valence-electron chi connectivity index (χ1n) is 4.65. The highest BCUT2D eigenvalue weighted by molar-refractivity contribution is 4.62. The Labute approximate surface area is 69.5 Å². The number of nitrogens with zero attached hydrogens (tertiary/aromatic N) is 1. The third-order valence-electron chi connectivity index (χ3n) is 2.31. The number of methoxy groups -OCH3 is 1. The van der Waals surface area contributed by atoms with E-state index in [9.17, 15) is 0 Å². The van der Waals surface area contributed by atoms with E-state index in [1.165, 1.54) is 38.8 Å². The summed E-state index contributed by atoms with van der Waals surface area (Å²) in [5, 5.41) is 0. The quantitative estimate of drug-likeness (QED) is 0.615. The normalized spacial score (nSPS) is 21.5. The minimum atomic E-state index is 0.889. The van der Waals surface area contributed by atoms with Gasteiger partial charge in [-0.25, -0.2) is 0 Å². The molecule has 0 unspecified atom stereocenters. The Morgan fingerprint density at radius 1 is 1.09 bits per heavy atom. The van der Waals surface area contributed by atoms with E-state index in [4.69, 9.17) is 4.74 Å². The molecule has 0 amide bonds. The number of hydrogen-bond acceptors (Lipinski definition) is 2. The topological polar surface area (TPSA) is 12.5 Å². The van der Waals surface area contributed by atoms with Crippen LogP contribution >= 0.6 is 0 Å². The van der Waals surface area contributed by atoms with Gasteiger partial charge in [-0.2, -0.15) is 0 Å². The van der Waals surface area contributed by atoms with Crippen molar-refractivity contribution >= 4 is 0 Å². The summed E-state index contributed by atoms with van der Waals surface area (Å²) in [6, 6.07) is 0. The third kappa shape index (κ3) is 3.73. The maximum absolute atomic E-state index is 5.04. The zero-order valence-corrected chi connectivity index (χ0v) is 7.51. The van der Waals surface area contributed by atoms with Crippen molar-refractivity contribution in [1.29, 1.82) is 0 Å². The van der Waals surface area contributed by atoms with Gasteiger partial charge in [-0.3, -0.25) is 0 Å². The monoisotopic (exact) mass is 157 g/mol. The van der Waals surface area contributed by atoms with Crippen LogP contribution in [0.5, 0.6) is 0 Å². The molecule has 0 aromatic rings. The highest BCUT2D eigenvalue weighted by atomic mass is 16.5. The Hall–Kier alpha value is -0.0800. The van der Waals surface area contributed by atoms with Gasteiger partial charge >= 0.3 is 0 Å². The zero-order valence-electron chi connectivity index (χ0n) is 7.51. The SMILES string of the molecule is COCCN1CCCCCC1. The van der Waals surface area contributed by atoms with Crippen molar-refractivity contribution in [2.75, 3.05) is 33.4 Å². The maximum Gasteiger partial charge on any atom is 0.0589 e. The summed E-state index contributed by atoms with van der Waals surface area (Å²) >= 11 is 0. The number of hydrogen-bond donors (Lipinski definition) is 0. The van der Waals surface area contributed by atoms with Crippen molar-refractivity contribution in [2.45, 2.75) is 25.7 Å². The summed E-state index contributed by atoms with van der Waals surface area (Å²) in [7, 11) is 1.78. The van der Waals surface area contributed by atoms with Gasteiger partial charge < -0.3 is 9.64 Å². The van der Waals surface area contributed by atoms with Crippen molar-refractivity contribution in [1.82, 2.24) is 4.90 Å². The van der Waals surface area contributed by atoms with Crippen LogP contribution in [0, 0.1) is 0 Å². The minimum absolute atomic E-state index is 0.889. The van der Waals surface area contributed by atoms with E-state index >= 15 is 0 Å². The molecule has 1 heterocycles. The van der Waals surface area contributed by atoms with E-state index in [-0.39, 0.29) is 0 Å². The summed E-state index contributed by atoms with van der Waals surface area (Å²) in [5.74, 6) is 0. The lowest BCUT2D eigenvalue weighted by molar-refractivity contribution is 0.150. The first-order valence-corrected chi connectivity index (χ1v) is 4.65. The Kier molecular flexibility index (Phi) is 4.55. The Morgan fingerprint density at radius 2 is 1.73 bits per heavy atom. The lowest BCUT2D eigenvalue weighted by Crippen LogP contribution is -2.28. The molecular weight excluding hydrogens is 138 g/mol. The van der Waals surface area contributed by atoms with Gasteiger partial charge in [0.05, 0.1) is 6.61 Å². The minimum Gasteiger partial charge on any atom is -0.383 e. The molecule has 2 heteroatoms. The highest BCUT2D eigenvalue weighted by Crippen LogP contribution is 2.08. The number of ether oxygens (including phenoxy) is 1. The van der Waals surface area contributed by atoms with Crippen molar-refractivity contribution in [3.63, 3.8) is 0 Å². The molecule has 66 valence electrons. The van der Waals surface area contributed by atoms with Gasteiger partial charge in [0.2, 0.25) is 0 Å². The van der Waals surface area contributed by atoms with Crippen LogP contribution in [0.3, 0.4) is 0 Å². The van der Waals surface area contributed by atoms with Gasteiger partial charge in [0.15, 0.2) is 0 Å². The molecule has 0 radical (unpaired) electrons. The largest absolute Gasteiger partial charge is 0.383 e. The average Bonchev–Trinajstić information content (AvgIpc) is 2.28. The second-order valence-corrected chi connectivity index (χ2v) is 3.25. The van der Waals surface area contributed by atoms with Crippen LogP contribution in [0.1, 0.15) is 25.7 Å². The molecule has 11 heavy (non-hydrogen) atoms. The van der Waals surface area contributed by atoms with E-state index < -0.39 is 0 Å². The fraction of sp³-hybridized carbons (Fsp3) is 1.00. The second-order valence-electron chi connectivity index (χ2n) is 3.25. The van der Waals surface area contributed by atoms with Gasteiger partial charge in [0.25, 0.3) is 0 Å². The summed E-state index contributed by atoms with van der Waals surface area (Å²) < 4.78 is 5.04. The Balaban J connectivity index is 2.09. The van der Waals surface area contributed by atoms with Gasteiger partial charge in [-0.1, -0.05) is 12.8 Å². The summed E-state index contributed by atoms with van der Waals surface area (Å²) in [6.45, 7) is 4.57. The summed E-state index contributed by atoms with van der Waals surface area (Å²) in [6.07, 6.45) is 5.60. The third-order valence-corrected chi connectivity index (χ3v) is 2.31. The van der Waals surface area contributed by atoms with Crippen LogP contribution in [-0.2, 0) is 4.74 Å². The van der Waals surface area contributed by atoms with Gasteiger partial charge in [0, 0.05) is 13.7 Å². The van der Waals surface area contributed by atoms with E-state index in [1.807, 2.05) is 0 Å². The van der Waals surface area contributed by atoms with E-state index in [1.54, 1.807) is 7.11 Å². The lowest BCUT2D eigenvalue weighted by atomic mass is 10.2. The van der Waals surface area contributed by atoms with Crippen LogP contribution in [0.2, 0.25) is 0 Å². The van der Waals surface area contributed by atoms with Gasteiger partial charge in [0.1, 0.15) is 0 Å². The predicted molar refractivity (Wildman–Crippen MR) is 46.8 cm³/mol. The van der Waals surface area contributed by atoms with E-state index in [0.29, 0.717) is 0 Å². The fourth-order valence-electron chi connectivity index (χ4n) is 1.58. The van der Waals surface area contributed by atoms with Crippen LogP contribution < -0.4 is 0 Å². The van der Waals surface area contributed by atoms with Gasteiger partial charge in [-0.15, -0.1) is 0 Å². The molecule has 0 aromatic carbocycles. The first-order chi connectivity index (χ1) is 5.43. The zero-order chi connectivity index (χ0) is 7.94. The second kappa shape index (κ2) is 5.56. The van der Waals surface area contributed by atoms with Crippen molar-refractivity contribution in [3.8, 4) is 0 Å². The Bertz CT molecular complexity index is 87.6. The molecule has 0 spiro atoms. The first kappa shape index (κ1) is 9.01. The molecular formula is C9H19NO. The molecule has 1 fully saturated rings. The average molecular weight is 157 g/mol. The van der Waals surface area contributed by atoms with Crippen molar-refractivity contribution in [2.24, 2.45) is 0 Å². The van der Waals surface area contributed by atoms with E-state index in [2.05, 4.69) is 4.90 Å². The smallest absolute Gasteiger partial charge is 0.0589 e. The lowest BCUT2D eigenvalue weighted by Gasteiger charge is -2.18. The van der Waals surface area contributed by atoms with Crippen LogP contribution in [-0.4, -0.2) is 38.3 Å². The molecule has 0 bridgehead atoms. The molecule has 0 N–H and O–H groups in total.